The Morgan fingerprint density at radius 1 is 1.20 bits per heavy atom. The molecule has 1 aliphatic carbocycles. The summed E-state index contributed by atoms with van der Waals surface area (Å²) in [5, 5.41) is 3.04. The zero-order valence-corrected chi connectivity index (χ0v) is 15.7. The lowest BCUT2D eigenvalue weighted by Crippen LogP contribution is -2.38. The van der Waals surface area contributed by atoms with E-state index in [4.69, 9.17) is 10.5 Å². The molecule has 0 aromatic heterocycles. The molecule has 3 N–H and O–H groups in total. The van der Waals surface area contributed by atoms with Crippen LogP contribution in [-0.4, -0.2) is 44.6 Å². The maximum absolute atomic E-state index is 12.3. The molecule has 25 heavy (non-hydrogen) atoms. The molecular formula is C20H33N3O2. The lowest BCUT2D eigenvalue weighted by atomic mass is 9.71. The number of likely N-dealkylation sites (N-methyl/N-ethyl adjacent to an activating group) is 1. The fourth-order valence-corrected chi connectivity index (χ4v) is 3.41. The first kappa shape index (κ1) is 19.7. The lowest BCUT2D eigenvalue weighted by molar-refractivity contribution is -0.124. The topological polar surface area (TPSA) is 67.6 Å². The molecular weight excluding hydrogens is 314 g/mol. The van der Waals surface area contributed by atoms with E-state index in [0.29, 0.717) is 26.1 Å². The van der Waals surface area contributed by atoms with Gasteiger partial charge in [-0.25, -0.2) is 0 Å². The summed E-state index contributed by atoms with van der Waals surface area (Å²) in [6.07, 6.45) is 6.37. The fourth-order valence-electron chi connectivity index (χ4n) is 3.41. The highest BCUT2D eigenvalue weighted by Crippen LogP contribution is 2.38. The van der Waals surface area contributed by atoms with Crippen LogP contribution in [0.25, 0.3) is 0 Å². The quantitative estimate of drug-likeness (QED) is 0.720. The van der Waals surface area contributed by atoms with Crippen molar-refractivity contribution in [3.05, 3.63) is 29.8 Å². The van der Waals surface area contributed by atoms with Crippen molar-refractivity contribution in [3.63, 3.8) is 0 Å². The number of ether oxygens (including phenoxy) is 1. The van der Waals surface area contributed by atoms with Crippen LogP contribution in [0, 0.1) is 5.41 Å². The number of nitrogens with two attached hydrogens (primary N) is 1. The van der Waals surface area contributed by atoms with Gasteiger partial charge in [0.2, 0.25) is 5.91 Å². The number of hydrogen-bond acceptors (Lipinski definition) is 4. The first-order valence-corrected chi connectivity index (χ1v) is 9.36. The highest BCUT2D eigenvalue weighted by molar-refractivity contribution is 5.76. The summed E-state index contributed by atoms with van der Waals surface area (Å²) in [5.74, 6) is 0.972. The average molecular weight is 348 g/mol. The zero-order valence-electron chi connectivity index (χ0n) is 15.7. The fraction of sp³-hybridized carbons (Fsp3) is 0.650. The minimum absolute atomic E-state index is 0.0203. The second kappa shape index (κ2) is 9.78. The maximum atomic E-state index is 12.3. The highest BCUT2D eigenvalue weighted by Gasteiger charge is 2.32. The average Bonchev–Trinajstić information content (AvgIpc) is 2.61. The summed E-state index contributed by atoms with van der Waals surface area (Å²) in [4.78, 5) is 14.4. The smallest absolute Gasteiger partial charge is 0.220 e. The third-order valence-corrected chi connectivity index (χ3v) is 5.10. The zero-order chi connectivity index (χ0) is 18.1. The van der Waals surface area contributed by atoms with E-state index in [1.807, 2.05) is 38.4 Å². The van der Waals surface area contributed by atoms with Gasteiger partial charge in [-0.15, -0.1) is 0 Å². The molecule has 0 radical (unpaired) electrons. The van der Waals surface area contributed by atoms with Crippen LogP contribution < -0.4 is 15.8 Å². The second-order valence-corrected chi connectivity index (χ2v) is 7.51. The van der Waals surface area contributed by atoms with Gasteiger partial charge in [-0.05, 0) is 56.6 Å². The van der Waals surface area contributed by atoms with Gasteiger partial charge in [0.05, 0.1) is 0 Å². The Labute approximate surface area is 151 Å². The van der Waals surface area contributed by atoms with Crippen molar-refractivity contribution in [2.45, 2.75) is 45.1 Å². The Hall–Kier alpha value is -1.59. The van der Waals surface area contributed by atoms with Crippen molar-refractivity contribution < 1.29 is 9.53 Å². The number of amides is 1. The molecule has 5 nitrogen and oxygen atoms in total. The van der Waals surface area contributed by atoms with Crippen LogP contribution >= 0.6 is 0 Å². The van der Waals surface area contributed by atoms with Gasteiger partial charge in [0.15, 0.2) is 0 Å². The number of benzene rings is 1. The number of rotatable bonds is 9. The van der Waals surface area contributed by atoms with Gasteiger partial charge in [0.1, 0.15) is 12.4 Å². The molecule has 0 aliphatic heterocycles. The van der Waals surface area contributed by atoms with Gasteiger partial charge in [-0.2, -0.15) is 0 Å². The van der Waals surface area contributed by atoms with Crippen LogP contribution in [0.4, 0.5) is 0 Å². The van der Waals surface area contributed by atoms with Gasteiger partial charge in [0, 0.05) is 19.5 Å². The van der Waals surface area contributed by atoms with Gasteiger partial charge in [-0.1, -0.05) is 31.4 Å². The summed E-state index contributed by atoms with van der Waals surface area (Å²) in [5.41, 5.74) is 7.07. The molecule has 1 aromatic carbocycles. The standard InChI is InChI=1S/C20H33N3O2/c1-23(2)12-13-25-18-8-6-17(7-9-18)15-22-19(24)14-20(16-21)10-4-3-5-11-20/h6-9H,3-5,10-16,21H2,1-2H3,(H,22,24). The van der Waals surface area contributed by atoms with Crippen LogP contribution in [-0.2, 0) is 11.3 Å². The minimum Gasteiger partial charge on any atom is -0.492 e. The van der Waals surface area contributed by atoms with Gasteiger partial charge in [0.25, 0.3) is 0 Å². The van der Waals surface area contributed by atoms with Crippen LogP contribution in [0.15, 0.2) is 24.3 Å². The van der Waals surface area contributed by atoms with Crippen LogP contribution in [0.1, 0.15) is 44.1 Å². The monoisotopic (exact) mass is 347 g/mol. The normalized spacial score (nSPS) is 16.6. The predicted molar refractivity (Wildman–Crippen MR) is 102 cm³/mol. The minimum atomic E-state index is 0.0203. The number of hydrogen-bond donors (Lipinski definition) is 2. The van der Waals surface area contributed by atoms with E-state index in [-0.39, 0.29) is 11.3 Å². The van der Waals surface area contributed by atoms with Crippen LogP contribution in [0.5, 0.6) is 5.75 Å². The van der Waals surface area contributed by atoms with Crippen LogP contribution in [0.2, 0.25) is 0 Å². The molecule has 1 aliphatic rings. The van der Waals surface area contributed by atoms with E-state index in [2.05, 4.69) is 10.2 Å². The first-order valence-electron chi connectivity index (χ1n) is 9.36. The maximum Gasteiger partial charge on any atom is 0.220 e. The van der Waals surface area contributed by atoms with Gasteiger partial charge < -0.3 is 20.7 Å². The molecule has 5 heteroatoms. The number of carbonyl (C=O) groups excluding carboxylic acids is 1. The molecule has 2 rings (SSSR count). The SMILES string of the molecule is CN(C)CCOc1ccc(CNC(=O)CC2(CN)CCCCC2)cc1. The molecule has 1 fully saturated rings. The Kier molecular flexibility index (Phi) is 7.72. The lowest BCUT2D eigenvalue weighted by Gasteiger charge is -2.35. The Morgan fingerprint density at radius 3 is 2.48 bits per heavy atom. The van der Waals surface area contributed by atoms with Crippen molar-refractivity contribution in [1.82, 2.24) is 10.2 Å². The Balaban J connectivity index is 1.75. The number of nitrogens with zero attached hydrogens (tertiary/aromatic N) is 1. The molecule has 140 valence electrons. The number of carbonyl (C=O) groups is 1. The molecule has 0 spiro atoms. The first-order chi connectivity index (χ1) is 12.0. The van der Waals surface area contributed by atoms with E-state index >= 15 is 0 Å². The summed E-state index contributed by atoms with van der Waals surface area (Å²) in [6.45, 7) is 2.72. The van der Waals surface area contributed by atoms with E-state index in [0.717, 1.165) is 30.7 Å². The Bertz CT molecular complexity index is 522. The van der Waals surface area contributed by atoms with Crippen molar-refractivity contribution in [1.29, 1.82) is 0 Å². The summed E-state index contributed by atoms with van der Waals surface area (Å²) in [6, 6.07) is 7.93. The molecule has 0 bridgehead atoms. The van der Waals surface area contributed by atoms with E-state index < -0.39 is 0 Å². The molecule has 0 unspecified atom stereocenters. The molecule has 1 aromatic rings. The molecule has 0 saturated heterocycles. The van der Waals surface area contributed by atoms with E-state index in [1.54, 1.807) is 0 Å². The summed E-state index contributed by atoms with van der Waals surface area (Å²) in [7, 11) is 4.05. The van der Waals surface area contributed by atoms with Crippen molar-refractivity contribution in [3.8, 4) is 5.75 Å². The van der Waals surface area contributed by atoms with Crippen molar-refractivity contribution in [2.75, 3.05) is 33.8 Å². The molecule has 1 amide bonds. The van der Waals surface area contributed by atoms with Gasteiger partial charge in [-0.3, -0.25) is 4.79 Å². The largest absolute Gasteiger partial charge is 0.492 e. The summed E-state index contributed by atoms with van der Waals surface area (Å²) < 4.78 is 5.68. The molecule has 0 atom stereocenters. The van der Waals surface area contributed by atoms with Crippen molar-refractivity contribution in [2.24, 2.45) is 11.1 Å². The molecule has 0 heterocycles. The summed E-state index contributed by atoms with van der Waals surface area (Å²) >= 11 is 0. The number of nitrogens with one attached hydrogen (secondary N) is 1. The van der Waals surface area contributed by atoms with Gasteiger partial charge >= 0.3 is 0 Å². The second-order valence-electron chi connectivity index (χ2n) is 7.51. The Morgan fingerprint density at radius 2 is 1.88 bits per heavy atom. The van der Waals surface area contributed by atoms with Crippen LogP contribution in [0.3, 0.4) is 0 Å². The van der Waals surface area contributed by atoms with E-state index in [1.165, 1.54) is 19.3 Å². The van der Waals surface area contributed by atoms with E-state index in [9.17, 15) is 4.79 Å². The third kappa shape index (κ3) is 6.67. The molecule has 1 saturated carbocycles. The predicted octanol–water partition coefficient (Wildman–Crippen LogP) is 2.54. The van der Waals surface area contributed by atoms with Crippen molar-refractivity contribution >= 4 is 5.91 Å². The third-order valence-electron chi connectivity index (χ3n) is 5.10. The highest BCUT2D eigenvalue weighted by atomic mass is 16.5.